The molecule has 2 heterocycles. The zero-order valence-electron chi connectivity index (χ0n) is 7.58. The van der Waals surface area contributed by atoms with Crippen LogP contribution < -0.4 is 0 Å². The molecule has 2 aliphatic heterocycles. The molecular formula is C11H7F3O. The molecule has 2 atom stereocenters. The summed E-state index contributed by atoms with van der Waals surface area (Å²) in [4.78, 5) is 0. The SMILES string of the molecule is FC(F)(F)c1ccc2c(c1)[C@@H]1C=C[C@@H]2O1. The van der Waals surface area contributed by atoms with Gasteiger partial charge in [0.2, 0.25) is 0 Å². The highest BCUT2D eigenvalue weighted by molar-refractivity contribution is 5.45. The van der Waals surface area contributed by atoms with Crippen LogP contribution >= 0.6 is 0 Å². The predicted octanol–water partition coefficient (Wildman–Crippen LogP) is 3.39. The van der Waals surface area contributed by atoms with E-state index < -0.39 is 11.7 Å². The third kappa shape index (κ3) is 1.21. The Morgan fingerprint density at radius 3 is 2.33 bits per heavy atom. The molecule has 1 aromatic rings. The van der Waals surface area contributed by atoms with Crippen molar-refractivity contribution in [2.45, 2.75) is 18.4 Å². The molecule has 0 aliphatic carbocycles. The Hall–Kier alpha value is -1.29. The van der Waals surface area contributed by atoms with Gasteiger partial charge in [0, 0.05) is 0 Å². The minimum atomic E-state index is -4.28. The fourth-order valence-corrected chi connectivity index (χ4v) is 2.06. The van der Waals surface area contributed by atoms with E-state index in [-0.39, 0.29) is 12.2 Å². The van der Waals surface area contributed by atoms with Gasteiger partial charge in [0.25, 0.3) is 0 Å². The van der Waals surface area contributed by atoms with Crippen molar-refractivity contribution in [2.24, 2.45) is 0 Å². The normalized spacial score (nSPS) is 27.1. The van der Waals surface area contributed by atoms with Crippen LogP contribution in [0.25, 0.3) is 0 Å². The van der Waals surface area contributed by atoms with Gasteiger partial charge < -0.3 is 4.74 Å². The lowest BCUT2D eigenvalue weighted by Gasteiger charge is -2.11. The van der Waals surface area contributed by atoms with Crippen LogP contribution in [0.5, 0.6) is 0 Å². The lowest BCUT2D eigenvalue weighted by atomic mass is 9.95. The van der Waals surface area contributed by atoms with E-state index in [0.29, 0.717) is 5.56 Å². The summed E-state index contributed by atoms with van der Waals surface area (Å²) in [5, 5.41) is 0. The second-order valence-corrected chi connectivity index (χ2v) is 3.70. The van der Waals surface area contributed by atoms with Gasteiger partial charge >= 0.3 is 6.18 Å². The molecule has 2 bridgehead atoms. The summed E-state index contributed by atoms with van der Waals surface area (Å²) >= 11 is 0. The van der Waals surface area contributed by atoms with Gasteiger partial charge in [-0.3, -0.25) is 0 Å². The lowest BCUT2D eigenvalue weighted by Crippen LogP contribution is -2.06. The third-order valence-corrected chi connectivity index (χ3v) is 2.78. The molecule has 0 spiro atoms. The molecule has 2 aliphatic rings. The van der Waals surface area contributed by atoms with Gasteiger partial charge in [-0.1, -0.05) is 18.2 Å². The largest absolute Gasteiger partial charge is 0.416 e. The quantitative estimate of drug-likeness (QED) is 0.599. The second kappa shape index (κ2) is 2.64. The van der Waals surface area contributed by atoms with Crippen molar-refractivity contribution in [1.82, 2.24) is 0 Å². The number of hydrogen-bond acceptors (Lipinski definition) is 1. The smallest absolute Gasteiger partial charge is 0.357 e. The van der Waals surface area contributed by atoms with Gasteiger partial charge in [0.05, 0.1) is 5.56 Å². The van der Waals surface area contributed by atoms with Crippen molar-refractivity contribution < 1.29 is 17.9 Å². The van der Waals surface area contributed by atoms with Crippen LogP contribution in [-0.4, -0.2) is 0 Å². The van der Waals surface area contributed by atoms with Crippen LogP contribution in [0, 0.1) is 0 Å². The van der Waals surface area contributed by atoms with Crippen LogP contribution in [0.4, 0.5) is 13.2 Å². The maximum absolute atomic E-state index is 12.4. The van der Waals surface area contributed by atoms with Crippen LogP contribution in [0.1, 0.15) is 28.9 Å². The molecule has 0 fully saturated rings. The van der Waals surface area contributed by atoms with E-state index in [2.05, 4.69) is 0 Å². The summed E-state index contributed by atoms with van der Waals surface area (Å²) in [7, 11) is 0. The molecule has 1 aromatic carbocycles. The molecule has 1 nitrogen and oxygen atoms in total. The summed E-state index contributed by atoms with van der Waals surface area (Å²) in [5.41, 5.74) is 0.902. The van der Waals surface area contributed by atoms with Gasteiger partial charge in [0.15, 0.2) is 0 Å². The molecular weight excluding hydrogens is 205 g/mol. The minimum absolute atomic E-state index is 0.146. The first-order chi connectivity index (χ1) is 7.05. The molecule has 0 saturated carbocycles. The van der Waals surface area contributed by atoms with E-state index in [4.69, 9.17) is 4.74 Å². The summed E-state index contributed by atoms with van der Waals surface area (Å²) in [6, 6.07) is 3.80. The second-order valence-electron chi connectivity index (χ2n) is 3.70. The van der Waals surface area contributed by atoms with E-state index in [1.165, 1.54) is 12.1 Å². The molecule has 3 rings (SSSR count). The first kappa shape index (κ1) is 8.97. The van der Waals surface area contributed by atoms with E-state index in [0.717, 1.165) is 11.6 Å². The van der Waals surface area contributed by atoms with Gasteiger partial charge in [-0.05, 0) is 23.3 Å². The Morgan fingerprint density at radius 1 is 1.00 bits per heavy atom. The molecule has 15 heavy (non-hydrogen) atoms. The van der Waals surface area contributed by atoms with Crippen molar-refractivity contribution in [3.05, 3.63) is 47.0 Å². The van der Waals surface area contributed by atoms with Crippen LogP contribution in [-0.2, 0) is 10.9 Å². The third-order valence-electron chi connectivity index (χ3n) is 2.78. The van der Waals surface area contributed by atoms with Gasteiger partial charge in [-0.2, -0.15) is 13.2 Å². The molecule has 0 aromatic heterocycles. The standard InChI is InChI=1S/C11H7F3O/c12-11(13,14)6-1-2-7-8(5-6)10-4-3-9(7)15-10/h1-5,9-10H/t9-,10-/m0/s1. The Bertz CT molecular complexity index is 448. The zero-order chi connectivity index (χ0) is 10.6. The van der Waals surface area contributed by atoms with E-state index in [1.807, 2.05) is 6.08 Å². The van der Waals surface area contributed by atoms with E-state index >= 15 is 0 Å². The molecule has 0 amide bonds. The Kier molecular flexibility index (Phi) is 1.58. The fraction of sp³-hybridized carbons (Fsp3) is 0.273. The number of alkyl halides is 3. The summed E-state index contributed by atoms with van der Waals surface area (Å²) < 4.78 is 42.8. The summed E-state index contributed by atoms with van der Waals surface area (Å²) in [6.45, 7) is 0. The highest BCUT2D eigenvalue weighted by Gasteiger charge is 2.37. The Morgan fingerprint density at radius 2 is 1.67 bits per heavy atom. The molecule has 78 valence electrons. The molecule has 0 radical (unpaired) electrons. The average Bonchev–Trinajstić information content (AvgIpc) is 2.76. The molecule has 0 saturated heterocycles. The Balaban J connectivity index is 2.10. The predicted molar refractivity (Wildman–Crippen MR) is 47.2 cm³/mol. The van der Waals surface area contributed by atoms with Crippen LogP contribution in [0.2, 0.25) is 0 Å². The molecule has 0 N–H and O–H groups in total. The molecule has 0 unspecified atom stereocenters. The van der Waals surface area contributed by atoms with Crippen molar-refractivity contribution in [3.8, 4) is 0 Å². The van der Waals surface area contributed by atoms with Crippen molar-refractivity contribution in [3.63, 3.8) is 0 Å². The number of fused-ring (bicyclic) bond motifs is 5. The van der Waals surface area contributed by atoms with Crippen molar-refractivity contribution in [2.75, 3.05) is 0 Å². The maximum Gasteiger partial charge on any atom is 0.416 e. The summed E-state index contributed by atoms with van der Waals surface area (Å²) in [5.74, 6) is 0. The maximum atomic E-state index is 12.4. The highest BCUT2D eigenvalue weighted by atomic mass is 19.4. The number of ether oxygens (including phenoxy) is 1. The Labute approximate surface area is 84.2 Å². The first-order valence-corrected chi connectivity index (χ1v) is 4.60. The highest BCUT2D eigenvalue weighted by Crippen LogP contribution is 2.47. The van der Waals surface area contributed by atoms with Crippen molar-refractivity contribution >= 4 is 0 Å². The minimum Gasteiger partial charge on any atom is -0.357 e. The van der Waals surface area contributed by atoms with Gasteiger partial charge in [-0.15, -0.1) is 0 Å². The topological polar surface area (TPSA) is 9.23 Å². The number of hydrogen-bond donors (Lipinski definition) is 0. The van der Waals surface area contributed by atoms with Crippen molar-refractivity contribution in [1.29, 1.82) is 0 Å². The first-order valence-electron chi connectivity index (χ1n) is 4.60. The number of benzene rings is 1. The van der Waals surface area contributed by atoms with Gasteiger partial charge in [-0.25, -0.2) is 0 Å². The van der Waals surface area contributed by atoms with Gasteiger partial charge in [0.1, 0.15) is 12.2 Å². The monoisotopic (exact) mass is 212 g/mol. The van der Waals surface area contributed by atoms with E-state index in [1.54, 1.807) is 6.08 Å². The van der Waals surface area contributed by atoms with E-state index in [9.17, 15) is 13.2 Å². The number of halogens is 3. The zero-order valence-corrected chi connectivity index (χ0v) is 7.58. The molecule has 4 heteroatoms. The average molecular weight is 212 g/mol. The van der Waals surface area contributed by atoms with Crippen LogP contribution in [0.3, 0.4) is 0 Å². The lowest BCUT2D eigenvalue weighted by molar-refractivity contribution is -0.137. The fourth-order valence-electron chi connectivity index (χ4n) is 2.06. The summed E-state index contributed by atoms with van der Waals surface area (Å²) in [6.07, 6.45) is -1.03. The number of rotatable bonds is 0. The van der Waals surface area contributed by atoms with Crippen LogP contribution in [0.15, 0.2) is 30.4 Å².